The Balaban J connectivity index is 2.02. The van der Waals surface area contributed by atoms with Gasteiger partial charge in [0.05, 0.1) is 11.8 Å². The molecular formula is C12H17N3. The normalized spacial score (nSPS) is 11.0. The highest BCUT2D eigenvalue weighted by atomic mass is 15.1. The predicted molar refractivity (Wildman–Crippen MR) is 61.7 cm³/mol. The number of rotatable bonds is 5. The number of aryl methyl sites for hydroxylation is 1. The summed E-state index contributed by atoms with van der Waals surface area (Å²) in [6.45, 7) is 3.29. The van der Waals surface area contributed by atoms with E-state index in [-0.39, 0.29) is 0 Å². The van der Waals surface area contributed by atoms with Crippen LogP contribution in [0.25, 0.3) is 11.2 Å². The monoisotopic (exact) mass is 203 g/mol. The summed E-state index contributed by atoms with van der Waals surface area (Å²) in [5.74, 6) is 0. The van der Waals surface area contributed by atoms with Gasteiger partial charge in [0.25, 0.3) is 0 Å². The van der Waals surface area contributed by atoms with Crippen LogP contribution in [-0.4, -0.2) is 14.5 Å². The van der Waals surface area contributed by atoms with E-state index in [2.05, 4.69) is 27.5 Å². The van der Waals surface area contributed by atoms with Gasteiger partial charge in [0.1, 0.15) is 0 Å². The van der Waals surface area contributed by atoms with Crippen LogP contribution in [0.1, 0.15) is 32.6 Å². The smallest absolute Gasteiger partial charge is 0.177 e. The highest BCUT2D eigenvalue weighted by Crippen LogP contribution is 2.10. The van der Waals surface area contributed by atoms with Gasteiger partial charge in [-0.25, -0.2) is 9.97 Å². The molecule has 0 aliphatic heterocycles. The van der Waals surface area contributed by atoms with Crippen molar-refractivity contribution in [2.24, 2.45) is 0 Å². The molecule has 0 amide bonds. The van der Waals surface area contributed by atoms with E-state index < -0.39 is 0 Å². The van der Waals surface area contributed by atoms with Gasteiger partial charge in [-0.2, -0.15) is 0 Å². The van der Waals surface area contributed by atoms with Crippen molar-refractivity contribution in [3.63, 3.8) is 0 Å². The fraction of sp³-hybridized carbons (Fsp3) is 0.500. The molecular weight excluding hydrogens is 186 g/mol. The van der Waals surface area contributed by atoms with Gasteiger partial charge < -0.3 is 4.57 Å². The molecule has 2 aromatic rings. The van der Waals surface area contributed by atoms with Crippen molar-refractivity contribution in [2.45, 2.75) is 39.2 Å². The fourth-order valence-electron chi connectivity index (χ4n) is 1.79. The number of aromatic nitrogens is 3. The number of nitrogens with zero attached hydrogens (tertiary/aromatic N) is 3. The molecule has 2 heterocycles. The summed E-state index contributed by atoms with van der Waals surface area (Å²) in [4.78, 5) is 8.48. The fourth-order valence-corrected chi connectivity index (χ4v) is 1.79. The lowest BCUT2D eigenvalue weighted by atomic mass is 10.2. The number of unbranched alkanes of at least 4 members (excludes halogenated alkanes) is 3. The highest BCUT2D eigenvalue weighted by molar-refractivity contribution is 5.70. The molecule has 0 bridgehead atoms. The third kappa shape index (κ3) is 2.35. The summed E-state index contributed by atoms with van der Waals surface area (Å²) in [6, 6.07) is 4.04. The summed E-state index contributed by atoms with van der Waals surface area (Å²) in [6.07, 6.45) is 8.82. The lowest BCUT2D eigenvalue weighted by Crippen LogP contribution is -1.95. The molecule has 0 fully saturated rings. The minimum absolute atomic E-state index is 0.855. The molecule has 2 aromatic heterocycles. The van der Waals surface area contributed by atoms with Crippen LogP contribution in [-0.2, 0) is 6.54 Å². The van der Waals surface area contributed by atoms with E-state index in [0.717, 1.165) is 17.7 Å². The Hall–Kier alpha value is -1.38. The first-order valence-electron chi connectivity index (χ1n) is 5.67. The minimum Gasteiger partial charge on any atom is -0.329 e. The second-order valence-electron chi connectivity index (χ2n) is 3.84. The molecule has 0 saturated heterocycles. The van der Waals surface area contributed by atoms with E-state index in [4.69, 9.17) is 0 Å². The first-order valence-corrected chi connectivity index (χ1v) is 5.67. The van der Waals surface area contributed by atoms with Gasteiger partial charge in [-0.05, 0) is 18.6 Å². The van der Waals surface area contributed by atoms with Gasteiger partial charge in [-0.15, -0.1) is 0 Å². The van der Waals surface area contributed by atoms with Crippen LogP contribution in [0.15, 0.2) is 24.7 Å². The van der Waals surface area contributed by atoms with Crippen LogP contribution in [0.2, 0.25) is 0 Å². The van der Waals surface area contributed by atoms with Crippen molar-refractivity contribution < 1.29 is 0 Å². The van der Waals surface area contributed by atoms with Gasteiger partial charge in [-0.1, -0.05) is 26.2 Å². The van der Waals surface area contributed by atoms with Crippen LogP contribution in [0.5, 0.6) is 0 Å². The summed E-state index contributed by atoms with van der Waals surface area (Å²) in [5, 5.41) is 0. The molecule has 15 heavy (non-hydrogen) atoms. The summed E-state index contributed by atoms with van der Waals surface area (Å²) >= 11 is 0. The van der Waals surface area contributed by atoms with Crippen LogP contribution >= 0.6 is 0 Å². The Bertz CT molecular complexity index is 419. The Kier molecular flexibility index (Phi) is 3.33. The molecule has 0 unspecified atom stereocenters. The molecule has 2 rings (SSSR count). The first-order chi connectivity index (χ1) is 7.42. The molecule has 3 heteroatoms. The van der Waals surface area contributed by atoms with Gasteiger partial charge >= 0.3 is 0 Å². The average molecular weight is 203 g/mol. The maximum Gasteiger partial charge on any atom is 0.177 e. The molecule has 80 valence electrons. The van der Waals surface area contributed by atoms with Gasteiger partial charge in [0.15, 0.2) is 5.65 Å². The van der Waals surface area contributed by atoms with Crippen molar-refractivity contribution in [1.82, 2.24) is 14.5 Å². The van der Waals surface area contributed by atoms with E-state index >= 15 is 0 Å². The number of pyridine rings is 1. The van der Waals surface area contributed by atoms with Gasteiger partial charge in [0, 0.05) is 12.7 Å². The topological polar surface area (TPSA) is 30.7 Å². The molecule has 0 aliphatic rings. The predicted octanol–water partition coefficient (Wildman–Crippen LogP) is 3.01. The summed E-state index contributed by atoms with van der Waals surface area (Å²) in [5.41, 5.74) is 2.00. The molecule has 0 spiro atoms. The molecule has 0 saturated carbocycles. The standard InChI is InChI=1S/C12H17N3/c1-2-3-4-5-9-15-10-14-12-11(15)7-6-8-13-12/h6-8,10H,2-5,9H2,1H3. The third-order valence-corrected chi connectivity index (χ3v) is 2.65. The van der Waals surface area contributed by atoms with Gasteiger partial charge in [-0.3, -0.25) is 0 Å². The highest BCUT2D eigenvalue weighted by Gasteiger charge is 2.01. The Morgan fingerprint density at radius 2 is 2.13 bits per heavy atom. The molecule has 0 N–H and O–H groups in total. The van der Waals surface area contributed by atoms with Crippen LogP contribution in [0.4, 0.5) is 0 Å². The van der Waals surface area contributed by atoms with Crippen molar-refractivity contribution in [3.05, 3.63) is 24.7 Å². The molecule has 0 radical (unpaired) electrons. The zero-order valence-electron chi connectivity index (χ0n) is 9.19. The van der Waals surface area contributed by atoms with Crippen LogP contribution < -0.4 is 0 Å². The third-order valence-electron chi connectivity index (χ3n) is 2.65. The van der Waals surface area contributed by atoms with Crippen molar-refractivity contribution in [2.75, 3.05) is 0 Å². The maximum absolute atomic E-state index is 4.27. The lowest BCUT2D eigenvalue weighted by Gasteiger charge is -2.02. The summed E-state index contributed by atoms with van der Waals surface area (Å²) < 4.78 is 2.19. The number of imidazole rings is 1. The molecule has 0 atom stereocenters. The molecule has 0 aliphatic carbocycles. The number of hydrogen-bond donors (Lipinski definition) is 0. The Morgan fingerprint density at radius 3 is 3.00 bits per heavy atom. The van der Waals surface area contributed by atoms with E-state index in [1.165, 1.54) is 25.7 Å². The molecule has 3 nitrogen and oxygen atoms in total. The zero-order chi connectivity index (χ0) is 10.5. The average Bonchev–Trinajstić information content (AvgIpc) is 2.68. The van der Waals surface area contributed by atoms with Crippen LogP contribution in [0, 0.1) is 0 Å². The largest absolute Gasteiger partial charge is 0.329 e. The first kappa shape index (κ1) is 10.1. The van der Waals surface area contributed by atoms with Crippen molar-refractivity contribution >= 4 is 11.2 Å². The van der Waals surface area contributed by atoms with E-state index in [1.54, 1.807) is 6.20 Å². The zero-order valence-corrected chi connectivity index (χ0v) is 9.19. The quantitative estimate of drug-likeness (QED) is 0.699. The number of fused-ring (bicyclic) bond motifs is 1. The minimum atomic E-state index is 0.855. The van der Waals surface area contributed by atoms with Gasteiger partial charge in [0.2, 0.25) is 0 Å². The molecule has 0 aromatic carbocycles. The lowest BCUT2D eigenvalue weighted by molar-refractivity contribution is 0.591. The Morgan fingerprint density at radius 1 is 1.20 bits per heavy atom. The van der Waals surface area contributed by atoms with E-state index in [9.17, 15) is 0 Å². The SMILES string of the molecule is CCCCCCn1cnc2ncccc21. The van der Waals surface area contributed by atoms with E-state index in [1.807, 2.05) is 12.4 Å². The number of hydrogen-bond acceptors (Lipinski definition) is 2. The second kappa shape index (κ2) is 4.91. The van der Waals surface area contributed by atoms with Crippen molar-refractivity contribution in [1.29, 1.82) is 0 Å². The van der Waals surface area contributed by atoms with E-state index in [0.29, 0.717) is 0 Å². The Labute approximate surface area is 90.2 Å². The van der Waals surface area contributed by atoms with Crippen molar-refractivity contribution in [3.8, 4) is 0 Å². The van der Waals surface area contributed by atoms with Crippen LogP contribution in [0.3, 0.4) is 0 Å². The second-order valence-corrected chi connectivity index (χ2v) is 3.84. The maximum atomic E-state index is 4.27. The summed E-state index contributed by atoms with van der Waals surface area (Å²) in [7, 11) is 0.